The van der Waals surface area contributed by atoms with Crippen LogP contribution in [-0.4, -0.2) is 44.8 Å². The Morgan fingerprint density at radius 3 is 1.89 bits per heavy atom. The Morgan fingerprint density at radius 1 is 0.811 bits per heavy atom. The van der Waals surface area contributed by atoms with Crippen LogP contribution < -0.4 is 0 Å². The van der Waals surface area contributed by atoms with Gasteiger partial charge in [-0.3, -0.25) is 13.9 Å². The Balaban J connectivity index is 2.02. The molecule has 0 fully saturated rings. The minimum absolute atomic E-state index is 0.0495. The van der Waals surface area contributed by atoms with Gasteiger partial charge in [0.05, 0.1) is 11.4 Å². The van der Waals surface area contributed by atoms with Gasteiger partial charge in [0, 0.05) is 16.7 Å². The van der Waals surface area contributed by atoms with Crippen LogP contribution in [0.25, 0.3) is 5.76 Å². The zero-order chi connectivity index (χ0) is 27.0. The number of hydrogen-bond acceptors (Lipinski definition) is 7. The number of Topliss-reactive ketones (excluding diaryl/α,β-unsaturated/α-hetero) is 2. The van der Waals surface area contributed by atoms with Crippen molar-refractivity contribution in [3.63, 3.8) is 0 Å². The predicted octanol–water partition coefficient (Wildman–Crippen LogP) is 3.99. The van der Waals surface area contributed by atoms with Gasteiger partial charge in [0.2, 0.25) is 5.78 Å². The highest BCUT2D eigenvalue weighted by molar-refractivity contribution is 7.89. The summed E-state index contributed by atoms with van der Waals surface area (Å²) in [5.41, 5.74) is -7.67. The standard InChI is InChI=1S/C24H16F3NO7S2/c25-24(26,27)37(33,34)35-23-18-13-7-8-14-20(18)36(31,32)28(15-19(29)16-9-3-1-4-10-16)21(23)22(30)17-11-5-2-6-12-17/h1-14H,15H2. The lowest BCUT2D eigenvalue weighted by Gasteiger charge is -2.32. The van der Waals surface area contributed by atoms with Crippen LogP contribution in [0, 0.1) is 0 Å². The number of sulfonamides is 1. The van der Waals surface area contributed by atoms with Crippen molar-refractivity contribution < 1.29 is 43.8 Å². The minimum Gasteiger partial charge on any atom is -0.373 e. The van der Waals surface area contributed by atoms with E-state index in [9.17, 15) is 39.6 Å². The number of alkyl halides is 3. The van der Waals surface area contributed by atoms with Crippen molar-refractivity contribution in [3.8, 4) is 0 Å². The number of halogens is 3. The van der Waals surface area contributed by atoms with Gasteiger partial charge >= 0.3 is 15.6 Å². The number of ketones is 2. The van der Waals surface area contributed by atoms with Crippen molar-refractivity contribution in [2.75, 3.05) is 6.54 Å². The number of nitrogens with zero attached hydrogens (tertiary/aromatic N) is 1. The van der Waals surface area contributed by atoms with Crippen LogP contribution in [0.1, 0.15) is 26.3 Å². The smallest absolute Gasteiger partial charge is 0.373 e. The zero-order valence-electron chi connectivity index (χ0n) is 18.5. The second-order valence-corrected chi connectivity index (χ2v) is 11.0. The molecule has 0 atom stereocenters. The van der Waals surface area contributed by atoms with Crippen LogP contribution in [-0.2, 0) is 24.3 Å². The molecule has 0 bridgehead atoms. The monoisotopic (exact) mass is 551 g/mol. The summed E-state index contributed by atoms with van der Waals surface area (Å²) in [6.45, 7) is -1.02. The highest BCUT2D eigenvalue weighted by Gasteiger charge is 2.51. The van der Waals surface area contributed by atoms with E-state index >= 15 is 0 Å². The predicted molar refractivity (Wildman–Crippen MR) is 125 cm³/mol. The topological polar surface area (TPSA) is 115 Å². The Hall–Kier alpha value is -3.97. The third-order valence-corrected chi connectivity index (χ3v) is 8.03. The van der Waals surface area contributed by atoms with Crippen molar-refractivity contribution in [1.82, 2.24) is 4.31 Å². The summed E-state index contributed by atoms with van der Waals surface area (Å²) in [5.74, 6) is -3.15. The third-order valence-electron chi connectivity index (χ3n) is 5.27. The molecule has 0 spiro atoms. The summed E-state index contributed by atoms with van der Waals surface area (Å²) in [5, 5.41) is 0. The number of fused-ring (bicyclic) bond motifs is 1. The summed E-state index contributed by atoms with van der Waals surface area (Å²) in [7, 11) is -11.1. The molecular weight excluding hydrogens is 535 g/mol. The van der Waals surface area contributed by atoms with Crippen molar-refractivity contribution >= 4 is 37.5 Å². The molecule has 1 heterocycles. The van der Waals surface area contributed by atoms with Crippen LogP contribution in [0.5, 0.6) is 0 Å². The van der Waals surface area contributed by atoms with Crippen LogP contribution in [0.3, 0.4) is 0 Å². The van der Waals surface area contributed by atoms with Gasteiger partial charge in [-0.05, 0) is 12.1 Å². The first kappa shape index (κ1) is 26.1. The number of benzene rings is 3. The van der Waals surface area contributed by atoms with Gasteiger partial charge < -0.3 is 4.18 Å². The minimum atomic E-state index is -6.35. The largest absolute Gasteiger partial charge is 0.534 e. The fourth-order valence-electron chi connectivity index (χ4n) is 3.55. The summed E-state index contributed by atoms with van der Waals surface area (Å²) in [6.07, 6.45) is 0. The molecule has 13 heteroatoms. The number of rotatable bonds is 7. The van der Waals surface area contributed by atoms with Crippen LogP contribution >= 0.6 is 0 Å². The summed E-state index contributed by atoms with van der Waals surface area (Å²) in [4.78, 5) is 25.9. The van der Waals surface area contributed by atoms with Crippen molar-refractivity contribution in [1.29, 1.82) is 0 Å². The molecule has 0 saturated carbocycles. The molecule has 0 amide bonds. The third kappa shape index (κ3) is 4.87. The van der Waals surface area contributed by atoms with E-state index in [0.717, 1.165) is 12.1 Å². The van der Waals surface area contributed by atoms with Crippen LogP contribution in [0.2, 0.25) is 0 Å². The molecule has 0 N–H and O–H groups in total. The molecule has 3 aromatic carbocycles. The Labute approximate surface area is 209 Å². The van der Waals surface area contributed by atoms with Gasteiger partial charge in [0.15, 0.2) is 11.5 Å². The maximum absolute atomic E-state index is 13.6. The van der Waals surface area contributed by atoms with Gasteiger partial charge in [-0.25, -0.2) is 8.42 Å². The first-order chi connectivity index (χ1) is 17.3. The molecular formula is C24H16F3NO7S2. The first-order valence-corrected chi connectivity index (χ1v) is 13.2. The van der Waals surface area contributed by atoms with E-state index in [4.69, 9.17) is 0 Å². The Bertz CT molecular complexity index is 1620. The highest BCUT2D eigenvalue weighted by Crippen LogP contribution is 2.41. The zero-order valence-corrected chi connectivity index (χ0v) is 20.2. The van der Waals surface area contributed by atoms with E-state index in [2.05, 4.69) is 4.18 Å². The van der Waals surface area contributed by atoms with Gasteiger partial charge in [-0.2, -0.15) is 21.6 Å². The number of carbonyl (C=O) groups excluding carboxylic acids is 2. The lowest BCUT2D eigenvalue weighted by Crippen LogP contribution is -2.42. The molecule has 0 saturated heterocycles. The molecule has 0 aromatic heterocycles. The molecule has 1 aliphatic rings. The lowest BCUT2D eigenvalue weighted by molar-refractivity contribution is -0.0510. The molecule has 192 valence electrons. The SMILES string of the molecule is O=C(CN1C(C(=O)c2ccccc2)=C(OS(=O)(=O)C(F)(F)F)c2ccccc2S1(=O)=O)c1ccccc1. The molecule has 0 aliphatic carbocycles. The Morgan fingerprint density at radius 2 is 1.32 bits per heavy atom. The second kappa shape index (κ2) is 9.48. The summed E-state index contributed by atoms with van der Waals surface area (Å²) >= 11 is 0. The normalized spacial score (nSPS) is 15.2. The van der Waals surface area contributed by atoms with Crippen LogP contribution in [0.4, 0.5) is 13.2 Å². The van der Waals surface area contributed by atoms with Crippen LogP contribution in [0.15, 0.2) is 95.5 Å². The van der Waals surface area contributed by atoms with E-state index in [0.29, 0.717) is 0 Å². The Kier molecular flexibility index (Phi) is 6.69. The van der Waals surface area contributed by atoms with E-state index in [-0.39, 0.29) is 15.4 Å². The van der Waals surface area contributed by atoms with E-state index in [1.54, 1.807) is 6.07 Å². The quantitative estimate of drug-likeness (QED) is 0.248. The number of carbonyl (C=O) groups is 2. The number of hydrogen-bond donors (Lipinski definition) is 0. The fourth-order valence-corrected chi connectivity index (χ4v) is 5.66. The molecule has 3 aromatic rings. The maximum atomic E-state index is 13.6. The summed E-state index contributed by atoms with van der Waals surface area (Å²) in [6, 6.07) is 18.7. The van der Waals surface area contributed by atoms with Crippen molar-refractivity contribution in [3.05, 3.63) is 107 Å². The highest BCUT2D eigenvalue weighted by atomic mass is 32.2. The first-order valence-electron chi connectivity index (χ1n) is 10.4. The molecule has 1 aliphatic heterocycles. The molecule has 4 rings (SSSR count). The fraction of sp³-hybridized carbons (Fsp3) is 0.0833. The average molecular weight is 552 g/mol. The molecule has 8 nitrogen and oxygen atoms in total. The second-order valence-electron chi connectivity index (χ2n) is 7.65. The summed E-state index contributed by atoms with van der Waals surface area (Å²) < 4.78 is 95.8. The molecule has 0 radical (unpaired) electrons. The van der Waals surface area contributed by atoms with Gasteiger partial charge in [-0.15, -0.1) is 0 Å². The van der Waals surface area contributed by atoms with Gasteiger partial charge in [0.1, 0.15) is 5.70 Å². The molecule has 0 unspecified atom stereocenters. The van der Waals surface area contributed by atoms with Gasteiger partial charge in [0.25, 0.3) is 10.0 Å². The van der Waals surface area contributed by atoms with E-state index in [1.807, 2.05) is 0 Å². The lowest BCUT2D eigenvalue weighted by atomic mass is 10.0. The van der Waals surface area contributed by atoms with E-state index in [1.165, 1.54) is 66.7 Å². The maximum Gasteiger partial charge on any atom is 0.534 e. The van der Waals surface area contributed by atoms with Gasteiger partial charge in [-0.1, -0.05) is 72.8 Å². The average Bonchev–Trinajstić information content (AvgIpc) is 2.87. The van der Waals surface area contributed by atoms with E-state index < -0.39 is 65.7 Å². The molecule has 37 heavy (non-hydrogen) atoms. The number of allylic oxidation sites excluding steroid dienone is 1. The van der Waals surface area contributed by atoms with Crippen molar-refractivity contribution in [2.24, 2.45) is 0 Å². The van der Waals surface area contributed by atoms with Crippen molar-refractivity contribution in [2.45, 2.75) is 10.4 Å².